The van der Waals surface area contributed by atoms with Crippen LogP contribution < -0.4 is 4.74 Å². The summed E-state index contributed by atoms with van der Waals surface area (Å²) in [5.74, 6) is 0.149. The van der Waals surface area contributed by atoms with Crippen LogP contribution in [-0.4, -0.2) is 62.3 Å². The zero-order valence-corrected chi connectivity index (χ0v) is 22.1. The summed E-state index contributed by atoms with van der Waals surface area (Å²) < 4.78 is 28.9. The number of likely N-dealkylation sites (tertiary alicyclic amines) is 1. The molecular formula is C28H37F2N3O4. The Morgan fingerprint density at radius 2 is 1.65 bits per heavy atom. The molecule has 2 aromatic rings. The van der Waals surface area contributed by atoms with Crippen LogP contribution in [0.2, 0.25) is 0 Å². The zero-order valence-electron chi connectivity index (χ0n) is 22.1. The second-order valence-electron chi connectivity index (χ2n) is 9.22. The van der Waals surface area contributed by atoms with E-state index in [1.807, 2.05) is 24.0 Å². The highest BCUT2D eigenvalue weighted by Gasteiger charge is 2.33. The lowest BCUT2D eigenvalue weighted by molar-refractivity contribution is -0.158. The molecule has 3 unspecified atom stereocenters. The molecule has 4 rings (SSSR count). The monoisotopic (exact) mass is 517 g/mol. The van der Waals surface area contributed by atoms with Gasteiger partial charge in [0.25, 0.3) is 0 Å². The lowest BCUT2D eigenvalue weighted by Crippen LogP contribution is -2.25. The second-order valence-corrected chi connectivity index (χ2v) is 9.22. The van der Waals surface area contributed by atoms with Gasteiger partial charge in [0.05, 0.1) is 12.2 Å². The third-order valence-electron chi connectivity index (χ3n) is 5.52. The average Bonchev–Trinajstić information content (AvgIpc) is 3.18. The number of allylic oxidation sites excluding steroid dienone is 3. The fourth-order valence-corrected chi connectivity index (χ4v) is 3.75. The van der Waals surface area contributed by atoms with E-state index in [-0.39, 0.29) is 17.5 Å². The Morgan fingerprint density at radius 1 is 1.11 bits per heavy atom. The van der Waals surface area contributed by atoms with Gasteiger partial charge in [0, 0.05) is 55.2 Å². The van der Waals surface area contributed by atoms with E-state index in [1.165, 1.54) is 24.9 Å². The molecule has 202 valence electrons. The van der Waals surface area contributed by atoms with Crippen molar-refractivity contribution < 1.29 is 28.5 Å². The highest BCUT2D eigenvalue weighted by Crippen LogP contribution is 2.34. The summed E-state index contributed by atoms with van der Waals surface area (Å²) >= 11 is 0. The number of rotatable bonds is 5. The minimum atomic E-state index is -3.10. The van der Waals surface area contributed by atoms with Gasteiger partial charge in [0.15, 0.2) is 0 Å². The fourth-order valence-electron chi connectivity index (χ4n) is 3.75. The lowest BCUT2D eigenvalue weighted by atomic mass is 9.88. The smallest absolute Gasteiger partial charge is 0.394 e. The number of benzene rings is 1. The standard InChI is InChI=1S/C16H19N3O3.C9H10F2O.C3H8/c1-10(20)11-2-3-14(19-7-15(21)16(22)8-19)13(4-11)12-5-17-9-18-6-12;1-7-3-5-8(6-4-7)12-9(2,10)11;1-3-2/h3-6,9,11,15-16,21-22H,2,7-8H2,1H3;3-6H,1-2H3;3H2,1-2H3. The first-order valence-corrected chi connectivity index (χ1v) is 12.4. The molecule has 3 atom stereocenters. The van der Waals surface area contributed by atoms with Gasteiger partial charge >= 0.3 is 6.11 Å². The summed E-state index contributed by atoms with van der Waals surface area (Å²) in [6.07, 6.45) is 6.09. The summed E-state index contributed by atoms with van der Waals surface area (Å²) in [5.41, 5.74) is 3.65. The Bertz CT molecular complexity index is 1040. The van der Waals surface area contributed by atoms with Crippen molar-refractivity contribution in [2.24, 2.45) is 5.92 Å². The summed E-state index contributed by atoms with van der Waals surface area (Å²) in [6, 6.07) is 6.49. The molecule has 1 fully saturated rings. The molecular weight excluding hydrogens is 480 g/mol. The van der Waals surface area contributed by atoms with E-state index in [2.05, 4.69) is 28.6 Å². The van der Waals surface area contributed by atoms with E-state index in [0.29, 0.717) is 26.4 Å². The van der Waals surface area contributed by atoms with Crippen LogP contribution in [0.3, 0.4) is 0 Å². The van der Waals surface area contributed by atoms with Crippen LogP contribution in [0.5, 0.6) is 5.75 Å². The first kappa shape index (κ1) is 30.1. The molecule has 37 heavy (non-hydrogen) atoms. The number of halogens is 2. The lowest BCUT2D eigenvalue weighted by Gasteiger charge is -2.28. The number of aliphatic hydroxyl groups is 2. The highest BCUT2D eigenvalue weighted by molar-refractivity contribution is 5.87. The van der Waals surface area contributed by atoms with Crippen LogP contribution in [0.4, 0.5) is 8.78 Å². The van der Waals surface area contributed by atoms with Crippen molar-refractivity contribution >= 4 is 11.4 Å². The van der Waals surface area contributed by atoms with Crippen molar-refractivity contribution in [3.8, 4) is 5.75 Å². The molecule has 1 aliphatic carbocycles. The van der Waals surface area contributed by atoms with Gasteiger partial charge < -0.3 is 19.8 Å². The molecule has 1 aliphatic heterocycles. The summed E-state index contributed by atoms with van der Waals surface area (Å²) in [6.45, 7) is 9.19. The number of carbonyl (C=O) groups is 1. The Balaban J connectivity index is 0.000000271. The molecule has 0 amide bonds. The molecule has 0 bridgehead atoms. The van der Waals surface area contributed by atoms with Crippen LogP contribution in [0, 0.1) is 12.8 Å². The molecule has 2 N–H and O–H groups in total. The van der Waals surface area contributed by atoms with E-state index < -0.39 is 18.3 Å². The predicted molar refractivity (Wildman–Crippen MR) is 139 cm³/mol. The van der Waals surface area contributed by atoms with Gasteiger partial charge in [0.1, 0.15) is 17.9 Å². The van der Waals surface area contributed by atoms with Crippen molar-refractivity contribution in [3.63, 3.8) is 0 Å². The Hall–Kier alpha value is -3.17. The van der Waals surface area contributed by atoms with E-state index in [4.69, 9.17) is 0 Å². The number of β-amino-alcohol motifs (C(OH)–C–C–N with tert-alkyl or cyclic N) is 2. The number of aliphatic hydroxyl groups excluding tert-OH is 2. The zero-order chi connectivity index (χ0) is 27.6. The van der Waals surface area contributed by atoms with Crippen LogP contribution >= 0.6 is 0 Å². The van der Waals surface area contributed by atoms with Crippen LogP contribution in [0.15, 0.2) is 60.8 Å². The normalized spacial score (nSPS) is 21.0. The summed E-state index contributed by atoms with van der Waals surface area (Å²) in [4.78, 5) is 21.7. The van der Waals surface area contributed by atoms with Crippen molar-refractivity contribution in [3.05, 3.63) is 72.0 Å². The third kappa shape index (κ3) is 9.66. The molecule has 9 heteroatoms. The van der Waals surface area contributed by atoms with Crippen molar-refractivity contribution in [1.82, 2.24) is 14.9 Å². The molecule has 0 spiro atoms. The molecule has 7 nitrogen and oxygen atoms in total. The minimum absolute atomic E-state index is 0.117. The maximum absolute atomic E-state index is 12.3. The van der Waals surface area contributed by atoms with Crippen LogP contribution in [0.25, 0.3) is 5.57 Å². The molecule has 1 aromatic heterocycles. The molecule has 1 aromatic carbocycles. The quantitative estimate of drug-likeness (QED) is 0.589. The third-order valence-corrected chi connectivity index (χ3v) is 5.52. The number of ketones is 1. The van der Waals surface area contributed by atoms with Gasteiger partial charge in [-0.25, -0.2) is 9.97 Å². The van der Waals surface area contributed by atoms with E-state index in [9.17, 15) is 23.8 Å². The number of nitrogens with zero attached hydrogens (tertiary/aromatic N) is 3. The molecule has 0 saturated carbocycles. The van der Waals surface area contributed by atoms with Crippen LogP contribution in [0.1, 0.15) is 51.7 Å². The number of ether oxygens (including phenoxy) is 1. The number of hydrogen-bond donors (Lipinski definition) is 2. The SMILES string of the molecule is CC(=O)C1C=C(c2cncnc2)C(N2CC(O)C(O)C2)=CC1.CCC.Cc1ccc(OC(C)(F)F)cc1. The van der Waals surface area contributed by atoms with E-state index in [0.717, 1.165) is 22.4 Å². The Morgan fingerprint density at radius 3 is 2.14 bits per heavy atom. The fraction of sp³-hybridized carbons (Fsp3) is 0.464. The number of hydrogen-bond acceptors (Lipinski definition) is 7. The molecule has 2 aliphatic rings. The van der Waals surface area contributed by atoms with Gasteiger partial charge in [0.2, 0.25) is 0 Å². The number of Topliss-reactive ketones (excluding diaryl/α,β-unsaturated/α-hetero) is 1. The second kappa shape index (κ2) is 13.9. The van der Waals surface area contributed by atoms with Crippen molar-refractivity contribution in [1.29, 1.82) is 0 Å². The van der Waals surface area contributed by atoms with Crippen LogP contribution in [-0.2, 0) is 4.79 Å². The Labute approximate surface area is 217 Å². The van der Waals surface area contributed by atoms with E-state index in [1.54, 1.807) is 31.5 Å². The van der Waals surface area contributed by atoms with Gasteiger partial charge in [-0.1, -0.05) is 50.1 Å². The topological polar surface area (TPSA) is 95.8 Å². The number of alkyl halides is 2. The summed E-state index contributed by atoms with van der Waals surface area (Å²) in [7, 11) is 0. The van der Waals surface area contributed by atoms with Gasteiger partial charge in [-0.05, 0) is 32.4 Å². The maximum Gasteiger partial charge on any atom is 0.394 e. The summed E-state index contributed by atoms with van der Waals surface area (Å²) in [5, 5.41) is 19.6. The highest BCUT2D eigenvalue weighted by atomic mass is 19.3. The maximum atomic E-state index is 12.3. The first-order valence-electron chi connectivity index (χ1n) is 12.4. The van der Waals surface area contributed by atoms with Crippen molar-refractivity contribution in [2.45, 2.75) is 65.8 Å². The average molecular weight is 518 g/mol. The minimum Gasteiger partial charge on any atom is -0.433 e. The molecule has 0 radical (unpaired) electrons. The first-order chi connectivity index (χ1) is 17.4. The molecule has 2 heterocycles. The number of carbonyl (C=O) groups excluding carboxylic acids is 1. The Kier molecular flexibility index (Phi) is 11.3. The number of aryl methyl sites for hydroxylation is 1. The van der Waals surface area contributed by atoms with E-state index >= 15 is 0 Å². The van der Waals surface area contributed by atoms with Gasteiger partial charge in [-0.15, -0.1) is 0 Å². The van der Waals surface area contributed by atoms with Gasteiger partial charge in [-0.3, -0.25) is 4.79 Å². The van der Waals surface area contributed by atoms with Gasteiger partial charge in [-0.2, -0.15) is 8.78 Å². The molecule has 1 saturated heterocycles. The number of aromatic nitrogens is 2. The largest absolute Gasteiger partial charge is 0.433 e. The van der Waals surface area contributed by atoms with Crippen molar-refractivity contribution in [2.75, 3.05) is 13.1 Å². The predicted octanol–water partition coefficient (Wildman–Crippen LogP) is 4.79.